The first kappa shape index (κ1) is 23.3. The van der Waals surface area contributed by atoms with Crippen LogP contribution in [0.1, 0.15) is 34.3 Å². The Bertz CT molecular complexity index is 1690. The van der Waals surface area contributed by atoms with Crippen molar-refractivity contribution >= 4 is 34.9 Å². The number of carbonyl (C=O) groups excluding carboxylic acids is 3. The van der Waals surface area contributed by atoms with E-state index in [2.05, 4.69) is 10.6 Å². The summed E-state index contributed by atoms with van der Waals surface area (Å²) in [6, 6.07) is 14.7. The van der Waals surface area contributed by atoms with Crippen molar-refractivity contribution < 1.29 is 23.9 Å². The van der Waals surface area contributed by atoms with Crippen LogP contribution in [0.3, 0.4) is 0 Å². The largest absolute Gasteiger partial charge is 0.486 e. The van der Waals surface area contributed by atoms with Gasteiger partial charge in [-0.2, -0.15) is 0 Å². The highest BCUT2D eigenvalue weighted by atomic mass is 16.6. The lowest BCUT2D eigenvalue weighted by Crippen LogP contribution is -2.52. The van der Waals surface area contributed by atoms with E-state index >= 15 is 0 Å². The summed E-state index contributed by atoms with van der Waals surface area (Å²) in [4.78, 5) is 43.7. The van der Waals surface area contributed by atoms with Crippen molar-refractivity contribution in [1.82, 2.24) is 19.6 Å². The lowest BCUT2D eigenvalue weighted by Gasteiger charge is -2.29. The highest BCUT2D eigenvalue weighted by molar-refractivity contribution is 6.05. The number of ether oxygens (including phenoxy) is 2. The van der Waals surface area contributed by atoms with E-state index in [-0.39, 0.29) is 18.2 Å². The first-order chi connectivity index (χ1) is 18.9. The van der Waals surface area contributed by atoms with Crippen LogP contribution in [-0.2, 0) is 16.1 Å². The quantitative estimate of drug-likeness (QED) is 0.393. The fourth-order valence-corrected chi connectivity index (χ4v) is 5.45. The second-order valence-electron chi connectivity index (χ2n) is 10.00. The SMILES string of the molecule is Cc1ccn2c(Nc3ccc4c(c3)OCCO4)c(-c3ccc4c(c3)CN(C3CCC(=O)NC3=O)C4=O)nc2c1. The molecule has 10 nitrogen and oxygen atoms in total. The predicted molar refractivity (Wildman–Crippen MR) is 142 cm³/mol. The Morgan fingerprint density at radius 3 is 2.69 bits per heavy atom. The van der Waals surface area contributed by atoms with E-state index in [1.807, 2.05) is 60.0 Å². The average Bonchev–Trinajstić information content (AvgIpc) is 3.45. The highest BCUT2D eigenvalue weighted by Gasteiger charge is 2.39. The molecule has 3 aliphatic rings. The fourth-order valence-electron chi connectivity index (χ4n) is 5.45. The van der Waals surface area contributed by atoms with Crippen molar-refractivity contribution in [2.45, 2.75) is 32.4 Å². The van der Waals surface area contributed by atoms with Gasteiger partial charge in [-0.05, 0) is 60.9 Å². The molecule has 1 unspecified atom stereocenters. The van der Waals surface area contributed by atoms with Gasteiger partial charge in [0, 0.05) is 42.0 Å². The first-order valence-corrected chi connectivity index (χ1v) is 12.9. The van der Waals surface area contributed by atoms with Crippen molar-refractivity contribution in [2.24, 2.45) is 0 Å². The number of benzene rings is 2. The Labute approximate surface area is 223 Å². The van der Waals surface area contributed by atoms with Gasteiger partial charge >= 0.3 is 0 Å². The predicted octanol–water partition coefficient (Wildman–Crippen LogP) is 3.59. The molecule has 7 rings (SSSR count). The molecule has 3 amide bonds. The van der Waals surface area contributed by atoms with Crippen molar-refractivity contribution in [2.75, 3.05) is 18.5 Å². The number of hydrogen-bond donors (Lipinski definition) is 2. The minimum Gasteiger partial charge on any atom is -0.486 e. The number of anilines is 2. The normalized spacial score (nSPS) is 18.3. The van der Waals surface area contributed by atoms with Crippen LogP contribution in [-0.4, -0.2) is 51.3 Å². The van der Waals surface area contributed by atoms with E-state index in [1.54, 1.807) is 11.0 Å². The molecule has 2 aromatic heterocycles. The van der Waals surface area contributed by atoms with Gasteiger partial charge in [0.2, 0.25) is 11.8 Å². The molecule has 4 aromatic rings. The first-order valence-electron chi connectivity index (χ1n) is 12.9. The Hall–Kier alpha value is -4.86. The van der Waals surface area contributed by atoms with Gasteiger partial charge in [0.05, 0.1) is 0 Å². The number of aromatic nitrogens is 2. The lowest BCUT2D eigenvalue weighted by molar-refractivity contribution is -0.136. The molecular formula is C29H25N5O5. The van der Waals surface area contributed by atoms with Gasteiger partial charge in [-0.25, -0.2) is 4.98 Å². The number of piperidine rings is 1. The summed E-state index contributed by atoms with van der Waals surface area (Å²) >= 11 is 0. The van der Waals surface area contributed by atoms with E-state index in [9.17, 15) is 14.4 Å². The van der Waals surface area contributed by atoms with Gasteiger partial charge < -0.3 is 19.7 Å². The molecule has 1 fully saturated rings. The summed E-state index contributed by atoms with van der Waals surface area (Å²) in [7, 11) is 0. The van der Waals surface area contributed by atoms with Gasteiger partial charge in [0.25, 0.3) is 5.91 Å². The van der Waals surface area contributed by atoms with Crippen LogP contribution in [0.4, 0.5) is 11.5 Å². The number of pyridine rings is 1. The Kier molecular flexibility index (Phi) is 5.29. The number of rotatable bonds is 4. The van der Waals surface area contributed by atoms with E-state index in [0.717, 1.165) is 39.5 Å². The molecule has 1 saturated heterocycles. The highest BCUT2D eigenvalue weighted by Crippen LogP contribution is 2.38. The smallest absolute Gasteiger partial charge is 0.255 e. The second kappa shape index (κ2) is 8.87. The zero-order chi connectivity index (χ0) is 26.7. The number of imide groups is 1. The number of nitrogens with zero attached hydrogens (tertiary/aromatic N) is 3. The number of aryl methyl sites for hydroxylation is 1. The maximum absolute atomic E-state index is 13.2. The van der Waals surface area contributed by atoms with Crippen molar-refractivity contribution in [3.05, 3.63) is 71.4 Å². The molecule has 196 valence electrons. The number of nitrogens with one attached hydrogen (secondary N) is 2. The van der Waals surface area contributed by atoms with Crippen LogP contribution in [0.15, 0.2) is 54.7 Å². The molecule has 0 spiro atoms. The molecule has 10 heteroatoms. The number of imidazole rings is 1. The second-order valence-corrected chi connectivity index (χ2v) is 10.00. The summed E-state index contributed by atoms with van der Waals surface area (Å²) in [5.74, 6) is 1.24. The number of fused-ring (bicyclic) bond motifs is 3. The minimum atomic E-state index is -0.656. The molecule has 0 bridgehead atoms. The molecule has 39 heavy (non-hydrogen) atoms. The van der Waals surface area contributed by atoms with Gasteiger partial charge in [-0.15, -0.1) is 0 Å². The summed E-state index contributed by atoms with van der Waals surface area (Å²) in [5, 5.41) is 5.86. The third-order valence-electron chi connectivity index (χ3n) is 7.38. The van der Waals surface area contributed by atoms with Crippen molar-refractivity contribution in [1.29, 1.82) is 0 Å². The molecule has 0 aliphatic carbocycles. The van der Waals surface area contributed by atoms with Gasteiger partial charge in [-0.1, -0.05) is 6.07 Å². The lowest BCUT2D eigenvalue weighted by atomic mass is 10.0. The number of carbonyl (C=O) groups is 3. The van der Waals surface area contributed by atoms with Crippen LogP contribution >= 0.6 is 0 Å². The van der Waals surface area contributed by atoms with Crippen molar-refractivity contribution in [3.8, 4) is 22.8 Å². The Morgan fingerprint density at radius 1 is 1.00 bits per heavy atom. The molecule has 0 radical (unpaired) electrons. The third kappa shape index (κ3) is 3.96. The average molecular weight is 524 g/mol. The van der Waals surface area contributed by atoms with Crippen LogP contribution in [0, 0.1) is 6.92 Å². The Morgan fingerprint density at radius 2 is 1.85 bits per heavy atom. The number of amides is 3. The molecule has 2 aromatic carbocycles. The van der Waals surface area contributed by atoms with Gasteiger partial charge in [0.1, 0.15) is 36.4 Å². The Balaban J connectivity index is 1.26. The van der Waals surface area contributed by atoms with Crippen LogP contribution in [0.5, 0.6) is 11.5 Å². The van der Waals surface area contributed by atoms with E-state index in [4.69, 9.17) is 14.5 Å². The molecule has 1 atom stereocenters. The zero-order valence-electron chi connectivity index (χ0n) is 21.2. The van der Waals surface area contributed by atoms with Crippen LogP contribution in [0.2, 0.25) is 0 Å². The van der Waals surface area contributed by atoms with Crippen LogP contribution in [0.25, 0.3) is 16.9 Å². The summed E-state index contributed by atoms with van der Waals surface area (Å²) in [6.07, 6.45) is 2.52. The van der Waals surface area contributed by atoms with Gasteiger partial charge in [0.15, 0.2) is 11.5 Å². The maximum Gasteiger partial charge on any atom is 0.255 e. The van der Waals surface area contributed by atoms with E-state index in [0.29, 0.717) is 43.2 Å². The van der Waals surface area contributed by atoms with Crippen LogP contribution < -0.4 is 20.1 Å². The third-order valence-corrected chi connectivity index (χ3v) is 7.38. The molecule has 0 saturated carbocycles. The molecule has 2 N–H and O–H groups in total. The monoisotopic (exact) mass is 523 g/mol. The van der Waals surface area contributed by atoms with Crippen molar-refractivity contribution in [3.63, 3.8) is 0 Å². The van der Waals surface area contributed by atoms with E-state index in [1.165, 1.54) is 0 Å². The summed E-state index contributed by atoms with van der Waals surface area (Å²) < 4.78 is 13.4. The van der Waals surface area contributed by atoms with Gasteiger partial charge in [-0.3, -0.25) is 24.1 Å². The zero-order valence-corrected chi connectivity index (χ0v) is 21.2. The standard InChI is InChI=1S/C29H25N5O5/c1-16-8-9-33-24(12-16)31-26(27(33)30-19-3-6-22-23(14-19)39-11-10-38-22)17-2-4-20-18(13-17)15-34(29(20)37)21-5-7-25(35)32-28(21)36/h2-4,6,8-9,12-14,21,30H,5,7,10-11,15H2,1H3,(H,32,35,36). The summed E-state index contributed by atoms with van der Waals surface area (Å²) in [5.41, 5.74) is 5.64. The molecular weight excluding hydrogens is 498 g/mol. The maximum atomic E-state index is 13.2. The topological polar surface area (TPSA) is 114 Å². The fraction of sp³-hybridized carbons (Fsp3) is 0.241. The minimum absolute atomic E-state index is 0.202. The molecule has 3 aliphatic heterocycles. The summed E-state index contributed by atoms with van der Waals surface area (Å²) in [6.45, 7) is 3.34. The number of hydrogen-bond acceptors (Lipinski definition) is 7. The van der Waals surface area contributed by atoms with E-state index < -0.39 is 11.9 Å². The molecule has 5 heterocycles.